The number of carbonyl (C=O) groups is 1. The largest absolute Gasteiger partial charge is 0.487 e. The van der Waals surface area contributed by atoms with Gasteiger partial charge in [0.25, 0.3) is 0 Å². The van der Waals surface area contributed by atoms with Crippen LogP contribution in [0, 0.1) is 6.92 Å². The number of rotatable bonds is 5. The Labute approximate surface area is 126 Å². The normalized spacial score (nSPS) is 10.6. The van der Waals surface area contributed by atoms with E-state index in [0.717, 1.165) is 22.4 Å². The first-order valence-electron chi connectivity index (χ1n) is 6.25. The van der Waals surface area contributed by atoms with Gasteiger partial charge in [-0.2, -0.15) is 0 Å². The van der Waals surface area contributed by atoms with Crippen molar-refractivity contribution < 1.29 is 14.6 Å². The molecule has 1 aromatic heterocycles. The van der Waals surface area contributed by atoms with Crippen LogP contribution in [0.15, 0.2) is 24.3 Å². The van der Waals surface area contributed by atoms with E-state index in [1.165, 1.54) is 11.3 Å². The Bertz CT molecular complexity index is 634. The van der Waals surface area contributed by atoms with Crippen LogP contribution in [0.1, 0.15) is 32.6 Å². The predicted octanol–water partition coefficient (Wildman–Crippen LogP) is 4.55. The lowest BCUT2D eigenvalue weighted by atomic mass is 10.2. The molecule has 1 heterocycles. The Morgan fingerprint density at radius 2 is 2.15 bits per heavy atom. The molecule has 0 aliphatic carbocycles. The molecule has 0 aliphatic heterocycles. The predicted molar refractivity (Wildman–Crippen MR) is 81.2 cm³/mol. The molecule has 1 N–H and O–H groups in total. The SMILES string of the molecule is CCc1cc(OCc2ccc(C)cc2Cl)c(C(=O)O)s1. The first-order valence-corrected chi connectivity index (χ1v) is 7.44. The second-order valence-electron chi connectivity index (χ2n) is 4.45. The Morgan fingerprint density at radius 3 is 2.75 bits per heavy atom. The van der Waals surface area contributed by atoms with E-state index >= 15 is 0 Å². The molecular weight excluding hydrogens is 296 g/mol. The minimum atomic E-state index is -0.959. The number of halogens is 1. The summed E-state index contributed by atoms with van der Waals surface area (Å²) < 4.78 is 5.63. The van der Waals surface area contributed by atoms with E-state index in [2.05, 4.69) is 0 Å². The third-order valence-corrected chi connectivity index (χ3v) is 4.48. The number of benzene rings is 1. The fourth-order valence-electron chi connectivity index (χ4n) is 1.78. The van der Waals surface area contributed by atoms with Gasteiger partial charge in [0.15, 0.2) is 4.88 Å². The first-order chi connectivity index (χ1) is 9.51. The maximum Gasteiger partial charge on any atom is 0.349 e. The lowest BCUT2D eigenvalue weighted by Crippen LogP contribution is -2.00. The van der Waals surface area contributed by atoms with E-state index in [0.29, 0.717) is 10.8 Å². The summed E-state index contributed by atoms with van der Waals surface area (Å²) >= 11 is 7.39. The van der Waals surface area contributed by atoms with Crippen LogP contribution in [-0.4, -0.2) is 11.1 Å². The highest BCUT2D eigenvalue weighted by Gasteiger charge is 2.16. The number of thiophene rings is 1. The van der Waals surface area contributed by atoms with Crippen LogP contribution >= 0.6 is 22.9 Å². The van der Waals surface area contributed by atoms with Gasteiger partial charge in [-0.1, -0.05) is 30.7 Å². The highest BCUT2D eigenvalue weighted by Crippen LogP contribution is 2.31. The summed E-state index contributed by atoms with van der Waals surface area (Å²) in [6.07, 6.45) is 0.791. The maximum absolute atomic E-state index is 11.2. The van der Waals surface area contributed by atoms with Crippen molar-refractivity contribution in [1.82, 2.24) is 0 Å². The van der Waals surface area contributed by atoms with E-state index in [4.69, 9.17) is 21.4 Å². The number of hydrogen-bond donors (Lipinski definition) is 1. The van der Waals surface area contributed by atoms with Crippen molar-refractivity contribution in [2.75, 3.05) is 0 Å². The van der Waals surface area contributed by atoms with Crippen LogP contribution in [0.5, 0.6) is 5.75 Å². The summed E-state index contributed by atoms with van der Waals surface area (Å²) in [6, 6.07) is 7.50. The van der Waals surface area contributed by atoms with Crippen molar-refractivity contribution in [1.29, 1.82) is 0 Å². The third kappa shape index (κ3) is 3.32. The second-order valence-corrected chi connectivity index (χ2v) is 5.99. The Balaban J connectivity index is 2.18. The standard InChI is InChI=1S/C15H15ClO3S/c1-3-11-7-13(14(20-11)15(17)18)19-8-10-5-4-9(2)6-12(10)16/h4-7H,3,8H2,1-2H3,(H,17,18). The molecule has 0 amide bonds. The van der Waals surface area contributed by atoms with Crippen molar-refractivity contribution in [2.24, 2.45) is 0 Å². The van der Waals surface area contributed by atoms with E-state index in [1.807, 2.05) is 32.0 Å². The molecule has 106 valence electrons. The first kappa shape index (κ1) is 14.9. The van der Waals surface area contributed by atoms with Crippen molar-refractivity contribution in [3.8, 4) is 5.75 Å². The van der Waals surface area contributed by atoms with Crippen molar-refractivity contribution in [3.63, 3.8) is 0 Å². The van der Waals surface area contributed by atoms with E-state index in [-0.39, 0.29) is 11.5 Å². The Hall–Kier alpha value is -1.52. The van der Waals surface area contributed by atoms with Gasteiger partial charge in [-0.25, -0.2) is 4.79 Å². The molecule has 3 nitrogen and oxygen atoms in total. The molecule has 0 saturated heterocycles. The quantitative estimate of drug-likeness (QED) is 0.881. The van der Waals surface area contributed by atoms with Crippen LogP contribution in [-0.2, 0) is 13.0 Å². The lowest BCUT2D eigenvalue weighted by Gasteiger charge is -2.07. The minimum absolute atomic E-state index is 0.241. The topological polar surface area (TPSA) is 46.5 Å². The zero-order chi connectivity index (χ0) is 14.7. The summed E-state index contributed by atoms with van der Waals surface area (Å²) in [5.41, 5.74) is 1.92. The molecule has 0 atom stereocenters. The summed E-state index contributed by atoms with van der Waals surface area (Å²) in [6.45, 7) is 4.21. The van der Waals surface area contributed by atoms with E-state index in [9.17, 15) is 4.79 Å². The number of ether oxygens (including phenoxy) is 1. The molecule has 0 spiro atoms. The fraction of sp³-hybridized carbons (Fsp3) is 0.267. The zero-order valence-electron chi connectivity index (χ0n) is 11.3. The average Bonchev–Trinajstić information content (AvgIpc) is 2.81. The van der Waals surface area contributed by atoms with Gasteiger partial charge >= 0.3 is 5.97 Å². The smallest absolute Gasteiger partial charge is 0.349 e. The van der Waals surface area contributed by atoms with Crippen LogP contribution in [0.3, 0.4) is 0 Å². The zero-order valence-corrected chi connectivity index (χ0v) is 12.8. The molecule has 0 aliphatic rings. The van der Waals surface area contributed by atoms with Gasteiger partial charge in [0, 0.05) is 15.5 Å². The molecule has 5 heteroatoms. The second kappa shape index (κ2) is 6.29. The molecule has 0 radical (unpaired) electrons. The fourth-order valence-corrected chi connectivity index (χ4v) is 2.95. The summed E-state index contributed by atoms with van der Waals surface area (Å²) in [7, 11) is 0. The summed E-state index contributed by atoms with van der Waals surface area (Å²) in [4.78, 5) is 12.4. The van der Waals surface area contributed by atoms with Crippen LogP contribution < -0.4 is 4.74 Å². The maximum atomic E-state index is 11.2. The molecule has 0 fully saturated rings. The third-order valence-electron chi connectivity index (χ3n) is 2.88. The lowest BCUT2D eigenvalue weighted by molar-refractivity contribution is 0.0697. The van der Waals surface area contributed by atoms with Crippen molar-refractivity contribution in [3.05, 3.63) is 50.2 Å². The van der Waals surface area contributed by atoms with Gasteiger partial charge in [-0.3, -0.25) is 0 Å². The molecule has 0 unspecified atom stereocenters. The van der Waals surface area contributed by atoms with Gasteiger partial charge in [0.2, 0.25) is 0 Å². The number of aromatic carboxylic acids is 1. The molecule has 2 rings (SSSR count). The minimum Gasteiger partial charge on any atom is -0.487 e. The number of carboxylic acids is 1. The molecule has 0 bridgehead atoms. The average molecular weight is 311 g/mol. The molecule has 1 aromatic carbocycles. The van der Waals surface area contributed by atoms with Crippen molar-refractivity contribution >= 4 is 28.9 Å². The van der Waals surface area contributed by atoms with Gasteiger partial charge in [-0.05, 0) is 31.0 Å². The number of hydrogen-bond acceptors (Lipinski definition) is 3. The summed E-state index contributed by atoms with van der Waals surface area (Å²) in [5.74, 6) is -0.546. The molecule has 20 heavy (non-hydrogen) atoms. The molecule has 0 saturated carbocycles. The van der Waals surface area contributed by atoms with Gasteiger partial charge in [0.1, 0.15) is 12.4 Å². The van der Waals surface area contributed by atoms with Crippen LogP contribution in [0.25, 0.3) is 0 Å². The Morgan fingerprint density at radius 1 is 1.40 bits per heavy atom. The number of aryl methyl sites for hydroxylation is 2. The van der Waals surface area contributed by atoms with Gasteiger partial charge in [-0.15, -0.1) is 11.3 Å². The molecular formula is C15H15ClO3S. The molecule has 2 aromatic rings. The van der Waals surface area contributed by atoms with Gasteiger partial charge in [0.05, 0.1) is 0 Å². The number of carboxylic acid groups (broad SMARTS) is 1. The van der Waals surface area contributed by atoms with Crippen molar-refractivity contribution in [2.45, 2.75) is 26.9 Å². The van der Waals surface area contributed by atoms with Crippen LogP contribution in [0.4, 0.5) is 0 Å². The highest BCUT2D eigenvalue weighted by atomic mass is 35.5. The van der Waals surface area contributed by atoms with Crippen LogP contribution in [0.2, 0.25) is 5.02 Å². The summed E-state index contributed by atoms with van der Waals surface area (Å²) in [5, 5.41) is 9.80. The van der Waals surface area contributed by atoms with E-state index in [1.54, 1.807) is 6.07 Å². The van der Waals surface area contributed by atoms with Gasteiger partial charge < -0.3 is 9.84 Å². The highest BCUT2D eigenvalue weighted by molar-refractivity contribution is 7.14. The van der Waals surface area contributed by atoms with E-state index < -0.39 is 5.97 Å². The monoisotopic (exact) mass is 310 g/mol. The Kier molecular flexibility index (Phi) is 4.68.